The van der Waals surface area contributed by atoms with Gasteiger partial charge in [0, 0.05) is 43.4 Å². The minimum Gasteiger partial charge on any atom is -0.492 e. The molecule has 134 valence electrons. The van der Waals surface area contributed by atoms with E-state index in [9.17, 15) is 0 Å². The third-order valence-electron chi connectivity index (χ3n) is 6.31. The Kier molecular flexibility index (Phi) is 2.87. The Labute approximate surface area is 152 Å². The van der Waals surface area contributed by atoms with E-state index in [1.807, 2.05) is 6.07 Å². The van der Waals surface area contributed by atoms with Crippen molar-refractivity contribution < 1.29 is 18.9 Å². The smallest absolute Gasteiger partial charge is 0.231 e. The van der Waals surface area contributed by atoms with Gasteiger partial charge in [0.15, 0.2) is 11.5 Å². The second kappa shape index (κ2) is 5.07. The minimum absolute atomic E-state index is 0.153. The summed E-state index contributed by atoms with van der Waals surface area (Å²) in [7, 11) is 2.17. The second-order valence-electron chi connectivity index (χ2n) is 7.73. The fourth-order valence-corrected chi connectivity index (χ4v) is 5.12. The lowest BCUT2D eigenvalue weighted by Gasteiger charge is -2.27. The highest BCUT2D eigenvalue weighted by Crippen LogP contribution is 2.56. The highest BCUT2D eigenvalue weighted by molar-refractivity contribution is 5.73. The normalized spacial score (nSPS) is 27.7. The molecule has 2 aromatic rings. The van der Waals surface area contributed by atoms with Crippen molar-refractivity contribution in [3.8, 4) is 17.2 Å². The van der Waals surface area contributed by atoms with Gasteiger partial charge in [0.1, 0.15) is 12.4 Å². The number of hydrogen-bond donors (Lipinski definition) is 0. The van der Waals surface area contributed by atoms with Crippen LogP contribution in [0.1, 0.15) is 29.0 Å². The SMILES string of the molecule is CN1CC2(COc3cc4c(cc32)OCO4)c2c(C3CCOC3)cccc21. The average Bonchev–Trinajstić information content (AvgIpc) is 3.43. The van der Waals surface area contributed by atoms with Gasteiger partial charge in [-0.2, -0.15) is 0 Å². The first-order chi connectivity index (χ1) is 12.8. The Hall–Kier alpha value is -2.40. The van der Waals surface area contributed by atoms with Crippen molar-refractivity contribution in [2.24, 2.45) is 0 Å². The molecule has 4 aliphatic rings. The van der Waals surface area contributed by atoms with Gasteiger partial charge in [-0.3, -0.25) is 0 Å². The van der Waals surface area contributed by atoms with E-state index in [1.54, 1.807) is 0 Å². The van der Waals surface area contributed by atoms with Gasteiger partial charge < -0.3 is 23.8 Å². The number of fused-ring (bicyclic) bond motifs is 5. The Morgan fingerprint density at radius 3 is 2.81 bits per heavy atom. The predicted molar refractivity (Wildman–Crippen MR) is 96.7 cm³/mol. The van der Waals surface area contributed by atoms with Crippen LogP contribution in [-0.4, -0.2) is 40.2 Å². The van der Waals surface area contributed by atoms with Gasteiger partial charge in [-0.1, -0.05) is 12.1 Å². The maximum Gasteiger partial charge on any atom is 0.231 e. The quantitative estimate of drug-likeness (QED) is 0.790. The lowest BCUT2D eigenvalue weighted by atomic mass is 9.73. The van der Waals surface area contributed by atoms with Crippen molar-refractivity contribution in [2.75, 3.05) is 45.1 Å². The summed E-state index contributed by atoms with van der Waals surface area (Å²) in [6.45, 7) is 3.52. The van der Waals surface area contributed by atoms with Crippen molar-refractivity contribution in [1.29, 1.82) is 0 Å². The van der Waals surface area contributed by atoms with Crippen molar-refractivity contribution >= 4 is 5.69 Å². The van der Waals surface area contributed by atoms with Gasteiger partial charge in [-0.25, -0.2) is 0 Å². The van der Waals surface area contributed by atoms with Crippen molar-refractivity contribution in [3.05, 3.63) is 47.0 Å². The van der Waals surface area contributed by atoms with Crippen molar-refractivity contribution in [3.63, 3.8) is 0 Å². The molecule has 1 saturated heterocycles. The first-order valence-corrected chi connectivity index (χ1v) is 9.25. The van der Waals surface area contributed by atoms with Crippen LogP contribution in [0.25, 0.3) is 0 Å². The molecule has 5 nitrogen and oxygen atoms in total. The topological polar surface area (TPSA) is 40.2 Å². The molecule has 0 bridgehead atoms. The van der Waals surface area contributed by atoms with E-state index in [-0.39, 0.29) is 12.2 Å². The molecule has 0 amide bonds. The van der Waals surface area contributed by atoms with Gasteiger partial charge in [-0.05, 0) is 29.7 Å². The Morgan fingerprint density at radius 2 is 1.96 bits per heavy atom. The van der Waals surface area contributed by atoms with Crippen LogP contribution in [-0.2, 0) is 10.2 Å². The second-order valence-corrected chi connectivity index (χ2v) is 7.73. The predicted octanol–water partition coefficient (Wildman–Crippen LogP) is 3.05. The molecular weight excluding hydrogens is 330 g/mol. The maximum atomic E-state index is 6.19. The van der Waals surface area contributed by atoms with Crippen molar-refractivity contribution in [2.45, 2.75) is 17.8 Å². The first kappa shape index (κ1) is 14.7. The average molecular weight is 351 g/mol. The summed E-state index contributed by atoms with van der Waals surface area (Å²) in [4.78, 5) is 2.36. The summed E-state index contributed by atoms with van der Waals surface area (Å²) >= 11 is 0. The van der Waals surface area contributed by atoms with E-state index in [0.29, 0.717) is 12.5 Å². The summed E-state index contributed by atoms with van der Waals surface area (Å²) in [5.41, 5.74) is 5.20. The Bertz CT molecular complexity index is 905. The van der Waals surface area contributed by atoms with Gasteiger partial charge >= 0.3 is 0 Å². The molecule has 4 heterocycles. The fraction of sp³-hybridized carbons (Fsp3) is 0.429. The number of nitrogens with zero attached hydrogens (tertiary/aromatic N) is 1. The summed E-state index contributed by atoms with van der Waals surface area (Å²) in [6.07, 6.45) is 1.09. The molecule has 1 spiro atoms. The van der Waals surface area contributed by atoms with Crippen LogP contribution in [0.5, 0.6) is 17.2 Å². The number of likely N-dealkylation sites (N-methyl/N-ethyl adjacent to an activating group) is 1. The molecule has 2 atom stereocenters. The lowest BCUT2D eigenvalue weighted by molar-refractivity contribution is 0.173. The molecule has 0 N–H and O–H groups in total. The molecule has 0 radical (unpaired) electrons. The van der Waals surface area contributed by atoms with E-state index in [4.69, 9.17) is 18.9 Å². The summed E-state index contributed by atoms with van der Waals surface area (Å²) in [5, 5.41) is 0. The minimum atomic E-state index is -0.153. The summed E-state index contributed by atoms with van der Waals surface area (Å²) < 4.78 is 23.1. The summed E-state index contributed by atoms with van der Waals surface area (Å²) in [6, 6.07) is 10.8. The molecule has 5 heteroatoms. The van der Waals surface area contributed by atoms with E-state index < -0.39 is 0 Å². The molecule has 0 saturated carbocycles. The van der Waals surface area contributed by atoms with Crippen molar-refractivity contribution in [1.82, 2.24) is 0 Å². The first-order valence-electron chi connectivity index (χ1n) is 9.25. The zero-order valence-corrected chi connectivity index (χ0v) is 14.8. The van der Waals surface area contributed by atoms with Crippen LogP contribution < -0.4 is 19.1 Å². The lowest BCUT2D eigenvalue weighted by Crippen LogP contribution is -2.35. The molecule has 0 aliphatic carbocycles. The van der Waals surface area contributed by atoms with Crippen LogP contribution in [0.2, 0.25) is 0 Å². The number of rotatable bonds is 1. The zero-order valence-electron chi connectivity index (χ0n) is 14.8. The maximum absolute atomic E-state index is 6.19. The zero-order chi connectivity index (χ0) is 17.3. The number of benzene rings is 2. The third-order valence-corrected chi connectivity index (χ3v) is 6.31. The molecule has 2 unspecified atom stereocenters. The number of ether oxygens (including phenoxy) is 4. The van der Waals surface area contributed by atoms with E-state index >= 15 is 0 Å². The molecule has 1 fully saturated rings. The van der Waals surface area contributed by atoms with Gasteiger partial charge in [0.2, 0.25) is 6.79 Å². The van der Waals surface area contributed by atoms with E-state index in [1.165, 1.54) is 22.4 Å². The molecule has 0 aromatic heterocycles. The van der Waals surface area contributed by atoms with Gasteiger partial charge in [-0.15, -0.1) is 0 Å². The molecule has 26 heavy (non-hydrogen) atoms. The van der Waals surface area contributed by atoms with Crippen LogP contribution in [0.4, 0.5) is 5.69 Å². The highest BCUT2D eigenvalue weighted by Gasteiger charge is 2.51. The van der Waals surface area contributed by atoms with Crippen LogP contribution >= 0.6 is 0 Å². The van der Waals surface area contributed by atoms with E-state index in [0.717, 1.165) is 43.4 Å². The molecular formula is C21H21NO4. The van der Waals surface area contributed by atoms with E-state index in [2.05, 4.69) is 36.2 Å². The van der Waals surface area contributed by atoms with Crippen LogP contribution in [0, 0.1) is 0 Å². The number of hydrogen-bond acceptors (Lipinski definition) is 5. The van der Waals surface area contributed by atoms with Crippen LogP contribution in [0.15, 0.2) is 30.3 Å². The molecule has 6 rings (SSSR count). The Morgan fingerprint density at radius 1 is 1.08 bits per heavy atom. The molecule has 2 aromatic carbocycles. The van der Waals surface area contributed by atoms with Gasteiger partial charge in [0.05, 0.1) is 12.0 Å². The van der Waals surface area contributed by atoms with Gasteiger partial charge in [0.25, 0.3) is 0 Å². The highest BCUT2D eigenvalue weighted by atomic mass is 16.7. The standard InChI is InChI=1S/C21H21NO4/c1-22-10-21(11-24-17-8-19-18(7-15(17)21)25-12-26-19)20-14(3-2-4-16(20)22)13-5-6-23-9-13/h2-4,7-8,13H,5-6,9-12H2,1H3. The van der Waals surface area contributed by atoms with Crippen LogP contribution in [0.3, 0.4) is 0 Å². The summed E-state index contributed by atoms with van der Waals surface area (Å²) in [5.74, 6) is 3.00. The Balaban J connectivity index is 1.57. The third kappa shape index (κ3) is 1.79. The number of anilines is 1. The largest absolute Gasteiger partial charge is 0.492 e. The fourth-order valence-electron chi connectivity index (χ4n) is 5.12. The monoisotopic (exact) mass is 351 g/mol. The molecule has 4 aliphatic heterocycles.